The highest BCUT2D eigenvalue weighted by molar-refractivity contribution is 9.10. The topological polar surface area (TPSA) is 36.7 Å². The van der Waals surface area contributed by atoms with Crippen molar-refractivity contribution in [2.45, 2.75) is 0 Å². The zero-order chi connectivity index (χ0) is 9.42. The van der Waals surface area contributed by atoms with Crippen molar-refractivity contribution in [1.82, 2.24) is 4.98 Å². The number of hydrogen-bond acceptors (Lipinski definition) is 3. The number of nitriles is 1. The third-order valence-corrected chi connectivity index (χ3v) is 3.84. The maximum Gasteiger partial charge on any atom is 0.129 e. The van der Waals surface area contributed by atoms with Crippen LogP contribution in [-0.4, -0.2) is 4.98 Å². The molecule has 0 radical (unpaired) electrons. The summed E-state index contributed by atoms with van der Waals surface area (Å²) in [5, 5.41) is 9.20. The molecule has 0 amide bonds. The number of halogens is 2. The van der Waals surface area contributed by atoms with E-state index in [2.05, 4.69) is 27.0 Å². The molecule has 0 spiro atoms. The number of aromatic nitrogens is 1. The molecular weight excluding hydrogens is 272 g/mol. The predicted octanol–water partition coefficient (Wildman–Crippen LogP) is 3.58. The van der Waals surface area contributed by atoms with Gasteiger partial charge in [0.2, 0.25) is 0 Å². The zero-order valence-corrected chi connectivity index (χ0v) is 9.37. The summed E-state index contributed by atoms with van der Waals surface area (Å²) in [5.74, 6) is 0. The molecule has 13 heavy (non-hydrogen) atoms. The average molecular weight is 274 g/mol. The first kappa shape index (κ1) is 8.95. The maximum atomic E-state index is 8.76. The molecule has 0 unspecified atom stereocenters. The van der Waals surface area contributed by atoms with Crippen LogP contribution in [0.5, 0.6) is 0 Å². The van der Waals surface area contributed by atoms with Crippen molar-refractivity contribution >= 4 is 49.1 Å². The summed E-state index contributed by atoms with van der Waals surface area (Å²) in [5.41, 5.74) is 0.758. The van der Waals surface area contributed by atoms with Gasteiger partial charge in [0.05, 0.1) is 14.7 Å². The average Bonchev–Trinajstić information content (AvgIpc) is 2.44. The van der Waals surface area contributed by atoms with Gasteiger partial charge in [-0.2, -0.15) is 5.26 Å². The number of pyridine rings is 1. The monoisotopic (exact) mass is 272 g/mol. The van der Waals surface area contributed by atoms with E-state index in [9.17, 15) is 0 Å². The molecule has 0 N–H and O–H groups in total. The number of thiophene rings is 1. The molecule has 2 rings (SSSR count). The van der Waals surface area contributed by atoms with Crippen LogP contribution in [0.2, 0.25) is 5.15 Å². The lowest BCUT2D eigenvalue weighted by Gasteiger charge is -1.89. The molecule has 0 aromatic carbocycles. The Labute approximate surface area is 91.9 Å². The minimum absolute atomic E-state index is 0.440. The minimum atomic E-state index is 0.440. The predicted molar refractivity (Wildman–Crippen MR) is 57.0 cm³/mol. The molecule has 5 heteroatoms. The Balaban J connectivity index is 2.87. The molecular formula is C8H2BrClN2S. The molecule has 2 nitrogen and oxygen atoms in total. The molecule has 0 saturated heterocycles. The second-order valence-electron chi connectivity index (χ2n) is 2.34. The van der Waals surface area contributed by atoms with Gasteiger partial charge >= 0.3 is 0 Å². The Morgan fingerprint density at radius 2 is 2.31 bits per heavy atom. The van der Waals surface area contributed by atoms with Crippen molar-refractivity contribution in [2.75, 3.05) is 0 Å². The second kappa shape index (κ2) is 3.26. The van der Waals surface area contributed by atoms with E-state index in [0.717, 1.165) is 14.7 Å². The first-order chi connectivity index (χ1) is 6.22. The van der Waals surface area contributed by atoms with Crippen LogP contribution in [-0.2, 0) is 0 Å². The molecule has 0 bridgehead atoms. The van der Waals surface area contributed by atoms with Crippen molar-refractivity contribution < 1.29 is 0 Å². The number of hydrogen-bond donors (Lipinski definition) is 0. The SMILES string of the molecule is N#Cc1sc2ccc(Cl)nc2c1Br. The van der Waals surface area contributed by atoms with Crippen molar-refractivity contribution in [3.05, 3.63) is 26.6 Å². The largest absolute Gasteiger partial charge is 0.234 e. The van der Waals surface area contributed by atoms with Gasteiger partial charge < -0.3 is 0 Å². The molecule has 0 aliphatic heterocycles. The van der Waals surface area contributed by atoms with Crippen LogP contribution in [0.3, 0.4) is 0 Å². The Hall–Kier alpha value is -0.630. The van der Waals surface area contributed by atoms with Crippen LogP contribution < -0.4 is 0 Å². The maximum absolute atomic E-state index is 8.76. The van der Waals surface area contributed by atoms with Crippen LogP contribution in [0.4, 0.5) is 0 Å². The molecule has 0 saturated carbocycles. The number of nitrogens with zero attached hydrogens (tertiary/aromatic N) is 2. The Kier molecular flexibility index (Phi) is 2.24. The highest BCUT2D eigenvalue weighted by Crippen LogP contribution is 2.34. The highest BCUT2D eigenvalue weighted by Gasteiger charge is 2.10. The summed E-state index contributed by atoms with van der Waals surface area (Å²) in [7, 11) is 0. The van der Waals surface area contributed by atoms with Crippen LogP contribution in [0.1, 0.15) is 4.88 Å². The summed E-state index contributed by atoms with van der Waals surface area (Å²) in [6.07, 6.45) is 0. The smallest absolute Gasteiger partial charge is 0.129 e. The zero-order valence-electron chi connectivity index (χ0n) is 6.21. The third kappa shape index (κ3) is 1.44. The molecule has 0 atom stereocenters. The molecule has 2 aromatic heterocycles. The number of rotatable bonds is 0. The van der Waals surface area contributed by atoms with Crippen LogP contribution in [0.15, 0.2) is 16.6 Å². The summed E-state index contributed by atoms with van der Waals surface area (Å²) < 4.78 is 1.70. The lowest BCUT2D eigenvalue weighted by molar-refractivity contribution is 1.41. The van der Waals surface area contributed by atoms with E-state index in [1.54, 1.807) is 6.07 Å². The van der Waals surface area contributed by atoms with Crippen molar-refractivity contribution in [3.63, 3.8) is 0 Å². The molecule has 0 aliphatic carbocycles. The summed E-state index contributed by atoms with van der Waals surface area (Å²) in [4.78, 5) is 4.75. The van der Waals surface area contributed by atoms with E-state index in [0.29, 0.717) is 10.0 Å². The van der Waals surface area contributed by atoms with Gasteiger partial charge in [-0.1, -0.05) is 11.6 Å². The molecule has 2 heterocycles. The van der Waals surface area contributed by atoms with Crippen molar-refractivity contribution in [2.24, 2.45) is 0 Å². The third-order valence-electron chi connectivity index (χ3n) is 1.55. The van der Waals surface area contributed by atoms with Gasteiger partial charge in [0.25, 0.3) is 0 Å². The van der Waals surface area contributed by atoms with E-state index >= 15 is 0 Å². The molecule has 64 valence electrons. The minimum Gasteiger partial charge on any atom is -0.234 e. The van der Waals surface area contributed by atoms with Gasteiger partial charge in [-0.25, -0.2) is 4.98 Å². The van der Waals surface area contributed by atoms with Crippen LogP contribution in [0, 0.1) is 11.3 Å². The first-order valence-corrected chi connectivity index (χ1v) is 5.36. The fourth-order valence-corrected chi connectivity index (χ4v) is 2.74. The van der Waals surface area contributed by atoms with Gasteiger partial charge in [0.15, 0.2) is 0 Å². The standard InChI is InChI=1S/C8H2BrClN2S/c9-7-5(3-11)13-4-1-2-6(10)12-8(4)7/h1-2H. The van der Waals surface area contributed by atoms with Crippen molar-refractivity contribution in [3.8, 4) is 6.07 Å². The summed E-state index contributed by atoms with van der Waals surface area (Å²) in [6.45, 7) is 0. The normalized spacial score (nSPS) is 10.2. The molecule has 2 aromatic rings. The fraction of sp³-hybridized carbons (Fsp3) is 0. The summed E-state index contributed by atoms with van der Waals surface area (Å²) >= 11 is 10.4. The fourth-order valence-electron chi connectivity index (χ4n) is 0.996. The van der Waals surface area contributed by atoms with Gasteiger partial charge in [0, 0.05) is 0 Å². The van der Waals surface area contributed by atoms with E-state index in [-0.39, 0.29) is 0 Å². The quantitative estimate of drug-likeness (QED) is 0.688. The lowest BCUT2D eigenvalue weighted by atomic mass is 10.4. The van der Waals surface area contributed by atoms with Crippen LogP contribution >= 0.6 is 38.9 Å². The van der Waals surface area contributed by atoms with E-state index in [4.69, 9.17) is 16.9 Å². The van der Waals surface area contributed by atoms with Crippen molar-refractivity contribution in [1.29, 1.82) is 5.26 Å². The first-order valence-electron chi connectivity index (χ1n) is 3.37. The second-order valence-corrected chi connectivity index (χ2v) is 4.57. The Bertz CT molecular complexity index is 515. The highest BCUT2D eigenvalue weighted by atomic mass is 79.9. The summed E-state index contributed by atoms with van der Waals surface area (Å²) in [6, 6.07) is 5.67. The molecule has 0 fully saturated rings. The van der Waals surface area contributed by atoms with E-state index in [1.165, 1.54) is 11.3 Å². The van der Waals surface area contributed by atoms with Gasteiger partial charge in [0.1, 0.15) is 16.1 Å². The van der Waals surface area contributed by atoms with Gasteiger partial charge in [-0.3, -0.25) is 0 Å². The van der Waals surface area contributed by atoms with Crippen LogP contribution in [0.25, 0.3) is 10.2 Å². The lowest BCUT2D eigenvalue weighted by Crippen LogP contribution is -1.74. The van der Waals surface area contributed by atoms with Gasteiger partial charge in [-0.15, -0.1) is 11.3 Å². The molecule has 0 aliphatic rings. The van der Waals surface area contributed by atoms with E-state index in [1.807, 2.05) is 6.07 Å². The Morgan fingerprint density at radius 1 is 1.54 bits per heavy atom. The number of fused-ring (bicyclic) bond motifs is 1. The van der Waals surface area contributed by atoms with E-state index < -0.39 is 0 Å². The van der Waals surface area contributed by atoms with Gasteiger partial charge in [-0.05, 0) is 28.1 Å². The Morgan fingerprint density at radius 3 is 3.00 bits per heavy atom.